The van der Waals surface area contributed by atoms with Gasteiger partial charge in [0.1, 0.15) is 11.6 Å². The number of nitrogens with zero attached hydrogens (tertiary/aromatic N) is 2. The van der Waals surface area contributed by atoms with Gasteiger partial charge in [-0.2, -0.15) is 0 Å². The van der Waals surface area contributed by atoms with Crippen molar-refractivity contribution in [1.29, 1.82) is 0 Å². The molecule has 0 fully saturated rings. The Labute approximate surface area is 206 Å². The fraction of sp³-hybridized carbons (Fsp3) is 0.360. The van der Waals surface area contributed by atoms with Gasteiger partial charge in [-0.05, 0) is 55.4 Å². The van der Waals surface area contributed by atoms with E-state index in [0.29, 0.717) is 21.4 Å². The minimum atomic E-state index is -0.462. The number of esters is 1. The highest BCUT2D eigenvalue weighted by Crippen LogP contribution is 2.39. The number of amides is 2. The van der Waals surface area contributed by atoms with E-state index in [1.54, 1.807) is 10.3 Å². The number of carbonyl (C=O) groups is 3. The molecule has 1 N–H and O–H groups in total. The van der Waals surface area contributed by atoms with E-state index in [9.17, 15) is 14.4 Å². The Balaban J connectivity index is 1.50. The summed E-state index contributed by atoms with van der Waals surface area (Å²) in [4.78, 5) is 44.3. The summed E-state index contributed by atoms with van der Waals surface area (Å²) < 4.78 is 5.61. The number of rotatable bonds is 7. The van der Waals surface area contributed by atoms with Gasteiger partial charge in [0.05, 0.1) is 16.9 Å². The summed E-state index contributed by atoms with van der Waals surface area (Å²) in [5.41, 5.74) is 3.95. The average molecular weight is 498 g/mol. The lowest BCUT2D eigenvalue weighted by Crippen LogP contribution is -2.22. The average Bonchev–Trinajstić information content (AvgIpc) is 3.41. The smallest absolute Gasteiger partial charge is 0.341 e. The molecule has 0 saturated carbocycles. The minimum absolute atomic E-state index is 0.0139. The Morgan fingerprint density at radius 3 is 2.53 bits per heavy atom. The molecular formula is C25H27N3O4S2. The number of thiazole rings is 1. The third kappa shape index (κ3) is 5.20. The molecule has 1 aromatic carbocycles. The molecule has 0 aliphatic heterocycles. The number of carbonyl (C=O) groups excluding carboxylic acids is 3. The Morgan fingerprint density at radius 1 is 1.12 bits per heavy atom. The lowest BCUT2D eigenvalue weighted by Gasteiger charge is -2.18. The predicted molar refractivity (Wildman–Crippen MR) is 135 cm³/mol. The van der Waals surface area contributed by atoms with Crippen LogP contribution in [-0.2, 0) is 40.2 Å². The van der Waals surface area contributed by atoms with Crippen molar-refractivity contribution in [3.8, 4) is 0 Å². The Hall–Kier alpha value is -3.04. The minimum Gasteiger partial charge on any atom is -0.455 e. The van der Waals surface area contributed by atoms with Crippen LogP contribution in [0, 0.1) is 0 Å². The van der Waals surface area contributed by atoms with Crippen molar-refractivity contribution in [1.82, 2.24) is 4.98 Å². The zero-order valence-electron chi connectivity index (χ0n) is 19.5. The first-order valence-corrected chi connectivity index (χ1v) is 13.0. The number of hydrogen-bond acceptors (Lipinski definition) is 7. The number of thiophene rings is 1. The molecule has 34 heavy (non-hydrogen) atoms. The van der Waals surface area contributed by atoms with Gasteiger partial charge in [-0.1, -0.05) is 19.1 Å². The highest BCUT2D eigenvalue weighted by atomic mass is 32.1. The number of benzene rings is 1. The molecule has 1 aliphatic carbocycles. The molecular weight excluding hydrogens is 470 g/mol. The Kier molecular flexibility index (Phi) is 7.43. The third-order valence-corrected chi connectivity index (χ3v) is 7.75. The molecule has 2 aromatic heterocycles. The quantitative estimate of drug-likeness (QED) is 0.427. The normalized spacial score (nSPS) is 12.7. The maximum absolute atomic E-state index is 13.0. The molecule has 178 valence electrons. The monoisotopic (exact) mass is 497 g/mol. The summed E-state index contributed by atoms with van der Waals surface area (Å²) in [6, 6.07) is 7.81. The standard InChI is InChI=1S/C25H27N3O4S2/c1-4-17-9-11-19(12-10-17)28(16(3)30)25-27-18(14-33-25)13-32-24(31)22-20-7-5-6-8-21(20)34-23(22)26-15(2)29/h9-12,14H,4-8,13H2,1-3H3,(H,26,29). The fourth-order valence-electron chi connectivity index (χ4n) is 4.01. The van der Waals surface area contributed by atoms with Crippen LogP contribution in [0.25, 0.3) is 0 Å². The number of anilines is 3. The highest BCUT2D eigenvalue weighted by Gasteiger charge is 2.27. The molecule has 4 rings (SSSR count). The van der Waals surface area contributed by atoms with Gasteiger partial charge in [-0.15, -0.1) is 22.7 Å². The van der Waals surface area contributed by atoms with Crippen LogP contribution in [-0.4, -0.2) is 22.8 Å². The second-order valence-electron chi connectivity index (χ2n) is 8.17. The van der Waals surface area contributed by atoms with Crippen molar-refractivity contribution < 1.29 is 19.1 Å². The first kappa shape index (κ1) is 24.1. The second kappa shape index (κ2) is 10.5. The zero-order valence-corrected chi connectivity index (χ0v) is 21.1. The molecule has 1 aliphatic rings. The molecule has 3 aromatic rings. The molecule has 0 saturated heterocycles. The van der Waals surface area contributed by atoms with Gasteiger partial charge in [-0.3, -0.25) is 14.5 Å². The van der Waals surface area contributed by atoms with Crippen molar-refractivity contribution in [2.45, 2.75) is 59.5 Å². The van der Waals surface area contributed by atoms with Gasteiger partial charge in [-0.25, -0.2) is 9.78 Å². The van der Waals surface area contributed by atoms with E-state index in [0.717, 1.165) is 48.2 Å². The van der Waals surface area contributed by atoms with Gasteiger partial charge < -0.3 is 10.1 Å². The molecule has 0 atom stereocenters. The first-order chi connectivity index (χ1) is 16.4. The lowest BCUT2D eigenvalue weighted by molar-refractivity contribution is -0.116. The van der Waals surface area contributed by atoms with Crippen molar-refractivity contribution in [2.75, 3.05) is 10.2 Å². The number of nitrogens with one attached hydrogen (secondary N) is 1. The molecule has 2 amide bonds. The summed E-state index contributed by atoms with van der Waals surface area (Å²) in [6.45, 7) is 5.00. The third-order valence-electron chi connectivity index (χ3n) is 5.66. The van der Waals surface area contributed by atoms with Crippen molar-refractivity contribution in [2.24, 2.45) is 0 Å². The van der Waals surface area contributed by atoms with Gasteiger partial charge in [0.25, 0.3) is 0 Å². The lowest BCUT2D eigenvalue weighted by atomic mass is 9.95. The number of ether oxygens (including phenoxy) is 1. The SMILES string of the molecule is CCc1ccc(N(C(C)=O)c2nc(COC(=O)c3c(NC(C)=O)sc4c3CCCC4)cs2)cc1. The van der Waals surface area contributed by atoms with E-state index in [-0.39, 0.29) is 18.4 Å². The number of aryl methyl sites for hydroxylation is 2. The highest BCUT2D eigenvalue weighted by molar-refractivity contribution is 7.17. The summed E-state index contributed by atoms with van der Waals surface area (Å²) in [5, 5.41) is 5.66. The molecule has 0 spiro atoms. The van der Waals surface area contributed by atoms with E-state index < -0.39 is 5.97 Å². The number of aromatic nitrogens is 1. The van der Waals surface area contributed by atoms with Gasteiger partial charge in [0.15, 0.2) is 5.13 Å². The molecule has 0 radical (unpaired) electrons. The number of fused-ring (bicyclic) bond motifs is 1. The topological polar surface area (TPSA) is 88.6 Å². The Morgan fingerprint density at radius 2 is 1.85 bits per heavy atom. The van der Waals surface area contributed by atoms with Crippen LogP contribution in [0.4, 0.5) is 15.8 Å². The van der Waals surface area contributed by atoms with Gasteiger partial charge in [0, 0.05) is 24.1 Å². The van der Waals surface area contributed by atoms with Crippen molar-refractivity contribution in [3.63, 3.8) is 0 Å². The van der Waals surface area contributed by atoms with E-state index in [2.05, 4.69) is 17.2 Å². The van der Waals surface area contributed by atoms with Gasteiger partial charge >= 0.3 is 5.97 Å². The van der Waals surface area contributed by atoms with Crippen LogP contribution in [0.15, 0.2) is 29.6 Å². The Bertz CT molecular complexity index is 1210. The molecule has 0 bridgehead atoms. The van der Waals surface area contributed by atoms with Crippen LogP contribution < -0.4 is 10.2 Å². The van der Waals surface area contributed by atoms with E-state index in [1.807, 2.05) is 24.3 Å². The molecule has 9 heteroatoms. The summed E-state index contributed by atoms with van der Waals surface area (Å²) in [5.74, 6) is -0.823. The molecule has 0 unspecified atom stereocenters. The van der Waals surface area contributed by atoms with Crippen molar-refractivity contribution >= 4 is 56.3 Å². The molecule has 2 heterocycles. The second-order valence-corrected chi connectivity index (χ2v) is 10.1. The van der Waals surface area contributed by atoms with Crippen molar-refractivity contribution in [3.05, 3.63) is 56.9 Å². The van der Waals surface area contributed by atoms with E-state index in [4.69, 9.17) is 4.74 Å². The van der Waals surface area contributed by atoms with E-state index in [1.165, 1.54) is 42.1 Å². The van der Waals surface area contributed by atoms with E-state index >= 15 is 0 Å². The van der Waals surface area contributed by atoms with Gasteiger partial charge in [0.2, 0.25) is 11.8 Å². The largest absolute Gasteiger partial charge is 0.455 e. The summed E-state index contributed by atoms with van der Waals surface area (Å²) in [7, 11) is 0. The maximum Gasteiger partial charge on any atom is 0.341 e. The predicted octanol–water partition coefficient (Wildman–Crippen LogP) is 5.65. The summed E-state index contributed by atoms with van der Waals surface area (Å²) >= 11 is 2.78. The van der Waals surface area contributed by atoms with Crippen LogP contribution in [0.5, 0.6) is 0 Å². The molecule has 7 nitrogen and oxygen atoms in total. The summed E-state index contributed by atoms with van der Waals surface area (Å²) in [6.07, 6.45) is 4.73. The van der Waals surface area contributed by atoms with Crippen LogP contribution >= 0.6 is 22.7 Å². The number of hydrogen-bond donors (Lipinski definition) is 1. The fourth-order valence-corrected chi connectivity index (χ4v) is 6.21. The van der Waals surface area contributed by atoms with Crippen LogP contribution in [0.1, 0.15) is 65.7 Å². The van der Waals surface area contributed by atoms with Crippen LogP contribution in [0.2, 0.25) is 0 Å². The zero-order chi connectivity index (χ0) is 24.2. The maximum atomic E-state index is 13.0. The van der Waals surface area contributed by atoms with Crippen LogP contribution in [0.3, 0.4) is 0 Å². The first-order valence-electron chi connectivity index (χ1n) is 11.3.